The van der Waals surface area contributed by atoms with E-state index in [0.717, 1.165) is 31.1 Å². The largest absolute Gasteiger partial charge is 0.316 e. The molecule has 0 amide bonds. The molecule has 1 N–H and O–H groups in total. The van der Waals surface area contributed by atoms with Gasteiger partial charge in [-0.1, -0.05) is 6.92 Å². The van der Waals surface area contributed by atoms with E-state index >= 15 is 0 Å². The van der Waals surface area contributed by atoms with Crippen LogP contribution in [0.25, 0.3) is 0 Å². The Hall–Kier alpha value is -0.900. The molecular formula is C13H24N4. The fourth-order valence-corrected chi connectivity index (χ4v) is 2.63. The summed E-state index contributed by atoms with van der Waals surface area (Å²) in [5.41, 5.74) is 0. The van der Waals surface area contributed by atoms with Gasteiger partial charge in [0.1, 0.15) is 11.6 Å². The van der Waals surface area contributed by atoms with E-state index in [1.807, 2.05) is 6.92 Å². The van der Waals surface area contributed by atoms with Crippen LogP contribution >= 0.6 is 0 Å². The standard InChI is InChI=1S/C13H24N4/c1-3-9-17-11(2)15-16-13(17)7-6-12-5-4-8-14-10-12/h12,14H,3-10H2,1-2H3. The highest BCUT2D eigenvalue weighted by atomic mass is 15.3. The number of hydrogen-bond acceptors (Lipinski definition) is 3. The van der Waals surface area contributed by atoms with Gasteiger partial charge in [-0.3, -0.25) is 0 Å². The van der Waals surface area contributed by atoms with E-state index in [2.05, 4.69) is 27.0 Å². The maximum Gasteiger partial charge on any atom is 0.133 e. The molecule has 1 aliphatic rings. The molecule has 1 unspecified atom stereocenters. The molecule has 4 heteroatoms. The lowest BCUT2D eigenvalue weighted by Crippen LogP contribution is -2.30. The van der Waals surface area contributed by atoms with E-state index in [1.165, 1.54) is 38.2 Å². The van der Waals surface area contributed by atoms with Gasteiger partial charge in [-0.05, 0) is 51.6 Å². The molecule has 1 aromatic rings. The van der Waals surface area contributed by atoms with Gasteiger partial charge >= 0.3 is 0 Å². The van der Waals surface area contributed by atoms with Crippen LogP contribution in [-0.4, -0.2) is 27.9 Å². The average Bonchev–Trinajstić information content (AvgIpc) is 2.70. The van der Waals surface area contributed by atoms with Crippen molar-refractivity contribution in [2.24, 2.45) is 5.92 Å². The van der Waals surface area contributed by atoms with Crippen LogP contribution in [0.4, 0.5) is 0 Å². The molecule has 2 rings (SSSR count). The molecule has 1 saturated heterocycles. The molecule has 0 saturated carbocycles. The monoisotopic (exact) mass is 236 g/mol. The van der Waals surface area contributed by atoms with Crippen molar-refractivity contribution in [3.8, 4) is 0 Å². The number of aryl methyl sites for hydroxylation is 2. The Labute approximate surface area is 104 Å². The number of nitrogens with zero attached hydrogens (tertiary/aromatic N) is 3. The first-order chi connectivity index (χ1) is 8.31. The number of aromatic nitrogens is 3. The predicted molar refractivity (Wildman–Crippen MR) is 69.0 cm³/mol. The minimum absolute atomic E-state index is 0.829. The topological polar surface area (TPSA) is 42.7 Å². The van der Waals surface area contributed by atoms with Gasteiger partial charge in [-0.25, -0.2) is 0 Å². The number of nitrogens with one attached hydrogen (secondary N) is 1. The summed E-state index contributed by atoms with van der Waals surface area (Å²) in [6.07, 6.45) is 6.16. The summed E-state index contributed by atoms with van der Waals surface area (Å²) in [6, 6.07) is 0. The third-order valence-corrected chi connectivity index (χ3v) is 3.63. The molecule has 1 atom stereocenters. The van der Waals surface area contributed by atoms with Gasteiger partial charge in [0.2, 0.25) is 0 Å². The Kier molecular flexibility index (Phi) is 4.54. The maximum atomic E-state index is 4.31. The van der Waals surface area contributed by atoms with Gasteiger partial charge in [0.05, 0.1) is 0 Å². The van der Waals surface area contributed by atoms with Crippen LogP contribution in [-0.2, 0) is 13.0 Å². The van der Waals surface area contributed by atoms with E-state index in [0.29, 0.717) is 0 Å². The van der Waals surface area contributed by atoms with E-state index in [9.17, 15) is 0 Å². The second-order valence-electron chi connectivity index (χ2n) is 5.07. The lowest BCUT2D eigenvalue weighted by Gasteiger charge is -2.22. The van der Waals surface area contributed by atoms with Gasteiger partial charge in [0.25, 0.3) is 0 Å². The molecule has 96 valence electrons. The molecule has 0 radical (unpaired) electrons. The van der Waals surface area contributed by atoms with Crippen LogP contribution in [0.15, 0.2) is 0 Å². The summed E-state index contributed by atoms with van der Waals surface area (Å²) in [6.45, 7) is 7.68. The summed E-state index contributed by atoms with van der Waals surface area (Å²) in [7, 11) is 0. The van der Waals surface area contributed by atoms with Crippen molar-refractivity contribution >= 4 is 0 Å². The molecule has 1 aromatic heterocycles. The van der Waals surface area contributed by atoms with Crippen LogP contribution in [0.2, 0.25) is 0 Å². The highest BCUT2D eigenvalue weighted by molar-refractivity contribution is 4.94. The Bertz CT molecular complexity index is 339. The second kappa shape index (κ2) is 6.15. The Balaban J connectivity index is 1.89. The van der Waals surface area contributed by atoms with Crippen LogP contribution in [0.1, 0.15) is 44.3 Å². The highest BCUT2D eigenvalue weighted by Gasteiger charge is 2.15. The summed E-state index contributed by atoms with van der Waals surface area (Å²) >= 11 is 0. The third-order valence-electron chi connectivity index (χ3n) is 3.63. The zero-order valence-electron chi connectivity index (χ0n) is 11.1. The van der Waals surface area contributed by atoms with Crippen molar-refractivity contribution < 1.29 is 0 Å². The van der Waals surface area contributed by atoms with Crippen molar-refractivity contribution in [2.75, 3.05) is 13.1 Å². The number of piperidine rings is 1. The van der Waals surface area contributed by atoms with Gasteiger partial charge in [-0.15, -0.1) is 10.2 Å². The molecule has 1 fully saturated rings. The minimum Gasteiger partial charge on any atom is -0.316 e. The summed E-state index contributed by atoms with van der Waals surface area (Å²) < 4.78 is 2.27. The van der Waals surface area contributed by atoms with Crippen LogP contribution in [0.3, 0.4) is 0 Å². The first-order valence-electron chi connectivity index (χ1n) is 6.90. The molecule has 0 aliphatic carbocycles. The summed E-state index contributed by atoms with van der Waals surface area (Å²) in [5.74, 6) is 3.06. The second-order valence-corrected chi connectivity index (χ2v) is 5.07. The van der Waals surface area contributed by atoms with Gasteiger partial charge < -0.3 is 9.88 Å². The third kappa shape index (κ3) is 3.28. The molecule has 2 heterocycles. The molecule has 0 spiro atoms. The van der Waals surface area contributed by atoms with Crippen molar-refractivity contribution in [2.45, 2.75) is 52.5 Å². The first-order valence-corrected chi connectivity index (χ1v) is 6.90. The molecule has 4 nitrogen and oxygen atoms in total. The van der Waals surface area contributed by atoms with Gasteiger partial charge in [-0.2, -0.15) is 0 Å². The average molecular weight is 236 g/mol. The van der Waals surface area contributed by atoms with Crippen LogP contribution in [0, 0.1) is 12.8 Å². The zero-order chi connectivity index (χ0) is 12.1. The van der Waals surface area contributed by atoms with E-state index in [4.69, 9.17) is 0 Å². The van der Waals surface area contributed by atoms with Crippen molar-refractivity contribution in [3.63, 3.8) is 0 Å². The lowest BCUT2D eigenvalue weighted by atomic mass is 9.94. The minimum atomic E-state index is 0.829. The van der Waals surface area contributed by atoms with E-state index in [-0.39, 0.29) is 0 Å². The SMILES string of the molecule is CCCn1c(C)nnc1CCC1CCCNC1. The lowest BCUT2D eigenvalue weighted by molar-refractivity contribution is 0.354. The van der Waals surface area contributed by atoms with E-state index in [1.54, 1.807) is 0 Å². The number of hydrogen-bond donors (Lipinski definition) is 1. The van der Waals surface area contributed by atoms with Crippen molar-refractivity contribution in [1.82, 2.24) is 20.1 Å². The molecule has 1 aliphatic heterocycles. The van der Waals surface area contributed by atoms with E-state index < -0.39 is 0 Å². The highest BCUT2D eigenvalue weighted by Crippen LogP contribution is 2.17. The normalized spacial score (nSPS) is 20.7. The zero-order valence-corrected chi connectivity index (χ0v) is 11.1. The van der Waals surface area contributed by atoms with Gasteiger partial charge in [0, 0.05) is 13.0 Å². The maximum absolute atomic E-state index is 4.31. The van der Waals surface area contributed by atoms with Gasteiger partial charge in [0.15, 0.2) is 0 Å². The number of rotatable bonds is 5. The first kappa shape index (κ1) is 12.6. The predicted octanol–water partition coefficient (Wildman–Crippen LogP) is 1.93. The fraction of sp³-hybridized carbons (Fsp3) is 0.846. The Morgan fingerprint density at radius 2 is 2.29 bits per heavy atom. The summed E-state index contributed by atoms with van der Waals surface area (Å²) in [4.78, 5) is 0. The molecule has 0 bridgehead atoms. The van der Waals surface area contributed by atoms with Crippen LogP contribution in [0.5, 0.6) is 0 Å². The van der Waals surface area contributed by atoms with Crippen molar-refractivity contribution in [3.05, 3.63) is 11.6 Å². The quantitative estimate of drug-likeness (QED) is 0.849. The Morgan fingerprint density at radius 1 is 1.41 bits per heavy atom. The fourth-order valence-electron chi connectivity index (χ4n) is 2.63. The van der Waals surface area contributed by atoms with Crippen molar-refractivity contribution in [1.29, 1.82) is 0 Å². The molecular weight excluding hydrogens is 212 g/mol. The van der Waals surface area contributed by atoms with Crippen LogP contribution < -0.4 is 5.32 Å². The summed E-state index contributed by atoms with van der Waals surface area (Å²) in [5, 5.41) is 12.0. The molecule has 17 heavy (non-hydrogen) atoms. The smallest absolute Gasteiger partial charge is 0.133 e. The Morgan fingerprint density at radius 3 is 3.00 bits per heavy atom. The molecule has 0 aromatic carbocycles.